The normalized spacial score (nSPS) is 15.2. The van der Waals surface area contributed by atoms with Crippen LogP contribution >= 0.6 is 0 Å². The smallest absolute Gasteiger partial charge is 0.252 e. The number of hydrogen-bond acceptors (Lipinski definition) is 7. The molecule has 0 spiro atoms. The Labute approximate surface area is 306 Å². The highest BCUT2D eigenvalue weighted by atomic mass is 32.2. The lowest BCUT2D eigenvalue weighted by atomic mass is 9.96. The Balaban J connectivity index is 1.10. The van der Waals surface area contributed by atoms with Gasteiger partial charge in [0.05, 0.1) is 10.9 Å². The average molecular weight is 713 g/mol. The third kappa shape index (κ3) is 9.77. The number of benzene rings is 5. The van der Waals surface area contributed by atoms with Crippen molar-refractivity contribution >= 4 is 33.7 Å². The maximum absolute atomic E-state index is 13.8. The molecule has 0 aliphatic carbocycles. The number of amides is 1. The Morgan fingerprint density at radius 3 is 1.79 bits per heavy atom. The summed E-state index contributed by atoms with van der Waals surface area (Å²) in [6.45, 7) is 6.02. The zero-order chi connectivity index (χ0) is 36.3. The largest absolute Gasteiger partial charge is 0.340 e. The van der Waals surface area contributed by atoms with Gasteiger partial charge in [-0.15, -0.1) is 0 Å². The summed E-state index contributed by atoms with van der Waals surface area (Å²) in [5, 5.41) is 2.79. The number of sulfone groups is 1. The van der Waals surface area contributed by atoms with Gasteiger partial charge in [0.15, 0.2) is 15.6 Å². The number of nitrogens with one attached hydrogen (secondary N) is 1. The Hall–Kier alpha value is -5.19. The number of carbonyl (C=O) groups is 2. The number of nitrogens with two attached hydrogens (primary N) is 1. The van der Waals surface area contributed by atoms with Crippen molar-refractivity contribution in [3.63, 3.8) is 0 Å². The van der Waals surface area contributed by atoms with Gasteiger partial charge in [0, 0.05) is 44.8 Å². The first-order valence-corrected chi connectivity index (χ1v) is 19.2. The van der Waals surface area contributed by atoms with Crippen LogP contribution in [-0.2, 0) is 27.7 Å². The lowest BCUT2D eigenvalue weighted by molar-refractivity contribution is -0.119. The van der Waals surface area contributed by atoms with Crippen molar-refractivity contribution < 1.29 is 18.0 Å². The van der Waals surface area contributed by atoms with E-state index in [0.29, 0.717) is 16.7 Å². The van der Waals surface area contributed by atoms with Crippen LogP contribution in [-0.4, -0.2) is 67.9 Å². The monoisotopic (exact) mass is 712 g/mol. The molecule has 1 aliphatic heterocycles. The first-order chi connectivity index (χ1) is 25.2. The second kappa shape index (κ2) is 17.4. The molecule has 1 heterocycles. The zero-order valence-electron chi connectivity index (χ0n) is 29.1. The molecule has 0 radical (unpaired) electrons. The third-order valence-corrected chi connectivity index (χ3v) is 11.0. The Morgan fingerprint density at radius 1 is 0.654 bits per heavy atom. The Morgan fingerprint density at radius 2 is 1.17 bits per heavy atom. The van der Waals surface area contributed by atoms with E-state index in [0.717, 1.165) is 44.8 Å². The van der Waals surface area contributed by atoms with Crippen LogP contribution in [0.3, 0.4) is 0 Å². The van der Waals surface area contributed by atoms with Crippen LogP contribution < -0.4 is 11.1 Å². The van der Waals surface area contributed by atoms with Crippen LogP contribution in [0.15, 0.2) is 144 Å². The quantitative estimate of drug-likeness (QED) is 0.136. The van der Waals surface area contributed by atoms with Crippen molar-refractivity contribution in [2.24, 2.45) is 5.73 Å². The van der Waals surface area contributed by atoms with Crippen molar-refractivity contribution in [2.45, 2.75) is 30.1 Å². The summed E-state index contributed by atoms with van der Waals surface area (Å²) in [6.07, 6.45) is 3.81. The number of piperazine rings is 1. The van der Waals surface area contributed by atoms with Crippen molar-refractivity contribution in [1.29, 1.82) is 0 Å². The third-order valence-electron chi connectivity index (χ3n) is 9.37. The molecule has 3 N–H and O–H groups in total. The maximum atomic E-state index is 13.8. The summed E-state index contributed by atoms with van der Waals surface area (Å²) in [5.74, 6) is -2.03. The molecule has 5 aromatic carbocycles. The fourth-order valence-corrected chi connectivity index (χ4v) is 7.71. The van der Waals surface area contributed by atoms with Crippen molar-refractivity contribution in [3.05, 3.63) is 173 Å². The van der Waals surface area contributed by atoms with Gasteiger partial charge in [0.1, 0.15) is 11.8 Å². The average Bonchev–Trinajstić information content (AvgIpc) is 3.18. The molecule has 6 rings (SSSR count). The van der Waals surface area contributed by atoms with Crippen LogP contribution in [0.1, 0.15) is 44.2 Å². The molecule has 8 nitrogen and oxygen atoms in total. The summed E-state index contributed by atoms with van der Waals surface area (Å²) in [6, 6.07) is 40.5. The first-order valence-electron chi connectivity index (χ1n) is 17.5. The summed E-state index contributed by atoms with van der Waals surface area (Å²) < 4.78 is 26.3. The van der Waals surface area contributed by atoms with E-state index >= 15 is 0 Å². The van der Waals surface area contributed by atoms with Gasteiger partial charge in [-0.1, -0.05) is 133 Å². The topological polar surface area (TPSA) is 113 Å². The summed E-state index contributed by atoms with van der Waals surface area (Å²) in [5.41, 5.74) is 11.7. The molecule has 2 atom stereocenters. The maximum Gasteiger partial charge on any atom is 0.252 e. The number of Topliss-reactive ketones (excluding diaryl/α,β-unsaturated/α-hetero) is 1. The SMILES string of the molecule is N[C@H](c1ccccc1)C(NC(=O)c1ccccc1C=Cc1ccc(CN2CCN(Cc3ccccc3)CC2)cc1)C(=O)CS(=O)(=O)c1ccccc1. The lowest BCUT2D eigenvalue weighted by Gasteiger charge is -2.34. The second-order valence-electron chi connectivity index (χ2n) is 13.1. The van der Waals surface area contributed by atoms with Gasteiger partial charge in [-0.2, -0.15) is 0 Å². The predicted octanol–water partition coefficient (Wildman–Crippen LogP) is 6.02. The molecule has 9 heteroatoms. The molecular weight excluding hydrogens is 669 g/mol. The van der Waals surface area contributed by atoms with Crippen LogP contribution in [0, 0.1) is 0 Å². The van der Waals surface area contributed by atoms with Crippen LogP contribution in [0.5, 0.6) is 0 Å². The van der Waals surface area contributed by atoms with E-state index in [1.165, 1.54) is 23.3 Å². The second-order valence-corrected chi connectivity index (χ2v) is 15.1. The molecule has 0 aromatic heterocycles. The first kappa shape index (κ1) is 36.6. The molecule has 266 valence electrons. The zero-order valence-corrected chi connectivity index (χ0v) is 29.9. The minimum atomic E-state index is -3.97. The summed E-state index contributed by atoms with van der Waals surface area (Å²) in [4.78, 5) is 32.5. The van der Waals surface area contributed by atoms with E-state index < -0.39 is 39.4 Å². The van der Waals surface area contributed by atoms with E-state index in [2.05, 4.69) is 69.7 Å². The highest BCUT2D eigenvalue weighted by Crippen LogP contribution is 2.21. The van der Waals surface area contributed by atoms with Gasteiger partial charge in [0.25, 0.3) is 5.91 Å². The minimum absolute atomic E-state index is 0.0302. The van der Waals surface area contributed by atoms with E-state index in [1.807, 2.05) is 30.4 Å². The van der Waals surface area contributed by atoms with E-state index in [9.17, 15) is 18.0 Å². The molecule has 1 amide bonds. The van der Waals surface area contributed by atoms with Crippen molar-refractivity contribution in [3.8, 4) is 0 Å². The number of carbonyl (C=O) groups excluding carboxylic acids is 2. The molecule has 0 saturated carbocycles. The Bertz CT molecular complexity index is 2060. The molecular formula is C43H44N4O4S. The number of hydrogen-bond donors (Lipinski definition) is 2. The van der Waals surface area contributed by atoms with Crippen LogP contribution in [0.25, 0.3) is 12.2 Å². The standard InChI is InChI=1S/C43H44N4O4S/c44-41(37-15-6-2-7-16-37)42(40(48)32-52(50,51)38-17-8-3-9-18-38)45-43(49)39-19-11-10-14-36(39)25-24-33-20-22-35(23-21-33)31-47-28-26-46(27-29-47)30-34-12-4-1-5-13-34/h1-25,41-42H,26-32,44H2,(H,45,49)/t41-,42?/m1/s1. The number of nitrogens with zero attached hydrogens (tertiary/aromatic N) is 2. The highest BCUT2D eigenvalue weighted by molar-refractivity contribution is 7.92. The van der Waals surface area contributed by atoms with Gasteiger partial charge in [-0.05, 0) is 46.0 Å². The van der Waals surface area contributed by atoms with Crippen LogP contribution in [0.4, 0.5) is 0 Å². The summed E-state index contributed by atoms with van der Waals surface area (Å²) in [7, 11) is -3.97. The predicted molar refractivity (Wildman–Crippen MR) is 207 cm³/mol. The number of ketones is 1. The van der Waals surface area contributed by atoms with Crippen molar-refractivity contribution in [1.82, 2.24) is 15.1 Å². The fraction of sp³-hybridized carbons (Fsp3) is 0.209. The van der Waals surface area contributed by atoms with Gasteiger partial charge in [-0.3, -0.25) is 19.4 Å². The van der Waals surface area contributed by atoms with Gasteiger partial charge >= 0.3 is 0 Å². The lowest BCUT2D eigenvalue weighted by Crippen LogP contribution is -2.49. The molecule has 52 heavy (non-hydrogen) atoms. The van der Waals surface area contributed by atoms with Gasteiger partial charge < -0.3 is 11.1 Å². The molecule has 1 fully saturated rings. The minimum Gasteiger partial charge on any atom is -0.340 e. The highest BCUT2D eigenvalue weighted by Gasteiger charge is 2.32. The van der Waals surface area contributed by atoms with Gasteiger partial charge in [-0.25, -0.2) is 8.42 Å². The Kier molecular flexibility index (Phi) is 12.2. The van der Waals surface area contributed by atoms with E-state index in [-0.39, 0.29) is 4.90 Å². The van der Waals surface area contributed by atoms with E-state index in [1.54, 1.807) is 54.6 Å². The van der Waals surface area contributed by atoms with Gasteiger partial charge in [0.2, 0.25) is 0 Å². The molecule has 1 unspecified atom stereocenters. The molecule has 5 aromatic rings. The van der Waals surface area contributed by atoms with Crippen LogP contribution in [0.2, 0.25) is 0 Å². The molecule has 0 bridgehead atoms. The fourth-order valence-electron chi connectivity index (χ4n) is 6.42. The van der Waals surface area contributed by atoms with Crippen molar-refractivity contribution in [2.75, 3.05) is 31.9 Å². The van der Waals surface area contributed by atoms with E-state index in [4.69, 9.17) is 5.73 Å². The summed E-state index contributed by atoms with van der Waals surface area (Å²) >= 11 is 0. The molecule has 1 saturated heterocycles. The molecule has 1 aliphatic rings. The number of rotatable bonds is 14.